The maximum atomic E-state index is 13.8. The maximum absolute atomic E-state index is 13.8. The second-order valence-corrected chi connectivity index (χ2v) is 10.3. The molecule has 2 heterocycles. The minimum Gasteiger partial charge on any atom is -0.369 e. The number of primary amides is 1. The number of rotatable bonds is 10. The smallest absolute Gasteiger partial charge is 0.369 e. The van der Waals surface area contributed by atoms with Gasteiger partial charge in [0.25, 0.3) is 7.41 Å². The lowest BCUT2D eigenvalue weighted by atomic mass is 9.84. The summed E-state index contributed by atoms with van der Waals surface area (Å²) in [4.78, 5) is 32.2. The number of aryl methyl sites for hydroxylation is 2. The van der Waals surface area contributed by atoms with E-state index in [0.29, 0.717) is 12.1 Å². The van der Waals surface area contributed by atoms with Gasteiger partial charge in [0, 0.05) is 12.6 Å². The lowest BCUT2D eigenvalue weighted by Gasteiger charge is -2.30. The third-order valence-electron chi connectivity index (χ3n) is 7.37. The van der Waals surface area contributed by atoms with E-state index in [1.807, 2.05) is 29.1 Å². The molecule has 0 bridgehead atoms. The number of amides is 1. The van der Waals surface area contributed by atoms with E-state index in [1.165, 1.54) is 7.41 Å². The number of carbonyl (C=O) groups is 2. The largest absolute Gasteiger partial charge is 0.419 e. The van der Waals surface area contributed by atoms with Crippen LogP contribution in [0.25, 0.3) is 0 Å². The second kappa shape index (κ2) is 13.1. The Balaban J connectivity index is 1.52. The zero-order valence-electron chi connectivity index (χ0n) is 22.5. The fraction of sp³-hybridized carbons (Fsp3) is 0.379. The molecule has 1 fully saturated rings. The van der Waals surface area contributed by atoms with Crippen molar-refractivity contribution in [1.82, 2.24) is 14.8 Å². The Morgan fingerprint density at radius 1 is 0.976 bits per heavy atom. The standard InChI is InChI=1S/C29H28BF6N4O2/c31-28(32,33)23-7-5-22(15-26(37)42)21(14-23)6-8-25-24(29(34,35)36)16-38-27(39-25)13-18-1-3-19(4-2-18)20-9-11-40(12-10-20)30-17-41/h1-5,7,14,16-17,20H,6,8-13,15H2,(H2,37,42). The molecule has 1 radical (unpaired) electrons. The SMILES string of the molecule is NC(=O)Cc1ccc(C(F)(F)F)cc1CCc1nc(Cc2ccc(C3CCN([B]C=O)CC3)cc2)ncc1C(F)(F)F. The van der Waals surface area contributed by atoms with Crippen molar-refractivity contribution in [2.75, 3.05) is 13.1 Å². The number of alkyl halides is 6. The quantitative estimate of drug-likeness (QED) is 0.207. The van der Waals surface area contributed by atoms with E-state index in [0.717, 1.165) is 61.4 Å². The first-order chi connectivity index (χ1) is 19.8. The Bertz CT molecular complexity index is 1400. The average molecular weight is 589 g/mol. The molecule has 3 aromatic rings. The van der Waals surface area contributed by atoms with Crippen LogP contribution in [0.15, 0.2) is 48.7 Å². The van der Waals surface area contributed by atoms with Gasteiger partial charge in [0.05, 0.1) is 29.4 Å². The minimum atomic E-state index is -4.77. The summed E-state index contributed by atoms with van der Waals surface area (Å²) >= 11 is 0. The zero-order chi connectivity index (χ0) is 30.5. The van der Waals surface area contributed by atoms with Crippen molar-refractivity contribution in [2.24, 2.45) is 5.73 Å². The van der Waals surface area contributed by atoms with Gasteiger partial charge in [-0.1, -0.05) is 30.3 Å². The summed E-state index contributed by atoms with van der Waals surface area (Å²) < 4.78 is 81.3. The molecule has 2 aromatic carbocycles. The van der Waals surface area contributed by atoms with Gasteiger partial charge in [-0.3, -0.25) is 4.79 Å². The van der Waals surface area contributed by atoms with Crippen molar-refractivity contribution in [2.45, 2.75) is 56.8 Å². The van der Waals surface area contributed by atoms with Crippen molar-refractivity contribution in [3.05, 3.63) is 93.6 Å². The number of hydrogen-bond donors (Lipinski definition) is 1. The van der Waals surface area contributed by atoms with Crippen LogP contribution in [0.5, 0.6) is 0 Å². The summed E-state index contributed by atoms with van der Waals surface area (Å²) in [6, 6.07) is 10.5. The first kappa shape index (κ1) is 31.2. The van der Waals surface area contributed by atoms with Gasteiger partial charge >= 0.3 is 12.4 Å². The number of nitrogens with zero attached hydrogens (tertiary/aromatic N) is 3. The number of piperidine rings is 1. The maximum Gasteiger partial charge on any atom is 0.419 e. The third kappa shape index (κ3) is 8.18. The van der Waals surface area contributed by atoms with Gasteiger partial charge in [-0.05, 0) is 79.1 Å². The van der Waals surface area contributed by atoms with Crippen LogP contribution in [-0.2, 0) is 47.6 Å². The fourth-order valence-corrected chi connectivity index (χ4v) is 5.18. The average Bonchev–Trinajstić information content (AvgIpc) is 2.92. The Hall–Kier alpha value is -3.74. The molecule has 1 amide bonds. The van der Waals surface area contributed by atoms with E-state index in [4.69, 9.17) is 5.73 Å². The van der Waals surface area contributed by atoms with E-state index in [2.05, 4.69) is 9.97 Å². The molecular weight excluding hydrogens is 561 g/mol. The van der Waals surface area contributed by atoms with Crippen LogP contribution in [0.4, 0.5) is 26.3 Å². The predicted octanol–water partition coefficient (Wildman–Crippen LogP) is 4.91. The molecule has 0 atom stereocenters. The van der Waals surface area contributed by atoms with E-state index in [1.54, 1.807) is 0 Å². The van der Waals surface area contributed by atoms with Crippen molar-refractivity contribution in [1.29, 1.82) is 0 Å². The number of nitrogens with two attached hydrogens (primary N) is 1. The highest BCUT2D eigenvalue weighted by Gasteiger charge is 2.35. The minimum absolute atomic E-state index is 0.0717. The van der Waals surface area contributed by atoms with Crippen LogP contribution in [0.1, 0.15) is 63.7 Å². The highest BCUT2D eigenvalue weighted by atomic mass is 19.4. The molecule has 6 nitrogen and oxygen atoms in total. The molecule has 42 heavy (non-hydrogen) atoms. The van der Waals surface area contributed by atoms with Gasteiger partial charge in [0.15, 0.2) is 0 Å². The molecule has 1 aromatic heterocycles. The number of halogens is 6. The van der Waals surface area contributed by atoms with Crippen LogP contribution in [0, 0.1) is 0 Å². The molecule has 13 heteroatoms. The molecule has 2 N–H and O–H groups in total. The molecular formula is C29H28BF6N4O2. The molecule has 0 saturated carbocycles. The zero-order valence-corrected chi connectivity index (χ0v) is 22.5. The molecule has 1 aliphatic rings. The Morgan fingerprint density at radius 3 is 2.26 bits per heavy atom. The Kier molecular flexibility index (Phi) is 9.70. The lowest BCUT2D eigenvalue weighted by molar-refractivity contribution is -0.139. The van der Waals surface area contributed by atoms with Gasteiger partial charge in [0.1, 0.15) is 5.82 Å². The Labute approximate surface area is 239 Å². The number of hydrogen-bond acceptors (Lipinski definition) is 5. The summed E-state index contributed by atoms with van der Waals surface area (Å²) in [5.41, 5.74) is 5.05. The predicted molar refractivity (Wildman–Crippen MR) is 144 cm³/mol. The number of aromatic nitrogens is 2. The first-order valence-corrected chi connectivity index (χ1v) is 13.3. The summed E-state index contributed by atoms with van der Waals surface area (Å²) in [5, 5.41) is 0. The fourth-order valence-electron chi connectivity index (χ4n) is 5.18. The number of carbonyl (C=O) groups excluding carboxylic acids is 2. The van der Waals surface area contributed by atoms with Crippen molar-refractivity contribution in [3.8, 4) is 0 Å². The topological polar surface area (TPSA) is 89.2 Å². The van der Waals surface area contributed by atoms with Crippen molar-refractivity contribution >= 4 is 19.5 Å². The lowest BCUT2D eigenvalue weighted by Crippen LogP contribution is -2.36. The number of benzene rings is 2. The highest BCUT2D eigenvalue weighted by molar-refractivity contribution is 6.64. The molecule has 1 aliphatic heterocycles. The first-order valence-electron chi connectivity index (χ1n) is 13.3. The highest BCUT2D eigenvalue weighted by Crippen LogP contribution is 2.34. The third-order valence-corrected chi connectivity index (χ3v) is 7.37. The van der Waals surface area contributed by atoms with E-state index in [9.17, 15) is 35.9 Å². The van der Waals surface area contributed by atoms with Gasteiger partial charge in [-0.25, -0.2) is 9.97 Å². The molecule has 221 valence electrons. The molecule has 0 unspecified atom stereocenters. The van der Waals surface area contributed by atoms with Crippen molar-refractivity contribution < 1.29 is 35.9 Å². The molecule has 1 saturated heterocycles. The molecule has 0 aliphatic carbocycles. The van der Waals surface area contributed by atoms with E-state index < -0.39 is 29.4 Å². The van der Waals surface area contributed by atoms with Crippen LogP contribution < -0.4 is 5.73 Å². The van der Waals surface area contributed by atoms with Crippen molar-refractivity contribution in [3.63, 3.8) is 0 Å². The monoisotopic (exact) mass is 589 g/mol. The second-order valence-electron chi connectivity index (χ2n) is 10.3. The normalized spacial score (nSPS) is 15.0. The van der Waals surface area contributed by atoms with Gasteiger partial charge in [-0.15, -0.1) is 0 Å². The van der Waals surface area contributed by atoms with Crippen LogP contribution in [0.3, 0.4) is 0 Å². The summed E-state index contributed by atoms with van der Waals surface area (Å²) in [7, 11) is 1.54. The summed E-state index contributed by atoms with van der Waals surface area (Å²) in [5.74, 6) is -0.298. The Morgan fingerprint density at radius 2 is 1.67 bits per heavy atom. The van der Waals surface area contributed by atoms with Crippen LogP contribution >= 0.6 is 0 Å². The molecule has 0 spiro atoms. The summed E-state index contributed by atoms with van der Waals surface area (Å²) in [6.07, 6.45) is -6.90. The van der Waals surface area contributed by atoms with Crippen LogP contribution in [0.2, 0.25) is 0 Å². The molecule has 4 rings (SSSR count). The van der Waals surface area contributed by atoms with Gasteiger partial charge in [0.2, 0.25) is 5.91 Å². The van der Waals surface area contributed by atoms with Crippen LogP contribution in [-0.4, -0.2) is 47.4 Å². The van der Waals surface area contributed by atoms with E-state index >= 15 is 0 Å². The van der Waals surface area contributed by atoms with Gasteiger partial charge in [-0.2, -0.15) is 26.3 Å². The van der Waals surface area contributed by atoms with Gasteiger partial charge < -0.3 is 15.3 Å². The summed E-state index contributed by atoms with van der Waals surface area (Å²) in [6.45, 7) is 1.55. The van der Waals surface area contributed by atoms with E-state index in [-0.39, 0.29) is 48.3 Å².